The van der Waals surface area contributed by atoms with Gasteiger partial charge in [-0.2, -0.15) is 10.1 Å². The van der Waals surface area contributed by atoms with Gasteiger partial charge in [0.05, 0.1) is 11.7 Å². The van der Waals surface area contributed by atoms with Crippen LogP contribution in [0.5, 0.6) is 0 Å². The Morgan fingerprint density at radius 3 is 3.00 bits per heavy atom. The number of amides is 1. The van der Waals surface area contributed by atoms with Crippen molar-refractivity contribution in [2.75, 3.05) is 6.54 Å². The van der Waals surface area contributed by atoms with Gasteiger partial charge in [-0.05, 0) is 18.4 Å². The maximum atomic E-state index is 12.9. The molecule has 0 bridgehead atoms. The van der Waals surface area contributed by atoms with E-state index in [0.29, 0.717) is 18.0 Å². The first-order valence-electron chi connectivity index (χ1n) is 8.30. The Hall–Kier alpha value is -2.24. The molecule has 122 valence electrons. The molecule has 3 rings (SSSR count). The normalized spacial score (nSPS) is 17.6. The first-order chi connectivity index (χ1) is 11.1. The minimum Gasteiger partial charge on any atom is -0.327 e. The number of hydrogen-bond donors (Lipinski definition) is 0. The summed E-state index contributed by atoms with van der Waals surface area (Å²) in [5, 5.41) is 4.20. The van der Waals surface area contributed by atoms with Crippen LogP contribution in [0.3, 0.4) is 0 Å². The third kappa shape index (κ3) is 2.98. The van der Waals surface area contributed by atoms with E-state index in [2.05, 4.69) is 48.0 Å². The van der Waals surface area contributed by atoms with E-state index in [4.69, 9.17) is 0 Å². The van der Waals surface area contributed by atoms with Crippen molar-refractivity contribution in [3.8, 4) is 0 Å². The van der Waals surface area contributed by atoms with Gasteiger partial charge >= 0.3 is 0 Å². The molecule has 0 saturated carbocycles. The fourth-order valence-corrected chi connectivity index (χ4v) is 2.97. The van der Waals surface area contributed by atoms with Crippen molar-refractivity contribution >= 4 is 11.7 Å². The van der Waals surface area contributed by atoms with Crippen LogP contribution in [0, 0.1) is 0 Å². The summed E-state index contributed by atoms with van der Waals surface area (Å²) in [6, 6.07) is 2.03. The maximum Gasteiger partial charge on any atom is 0.273 e. The van der Waals surface area contributed by atoms with Crippen molar-refractivity contribution in [3.05, 3.63) is 35.9 Å². The highest BCUT2D eigenvalue weighted by Gasteiger charge is 2.27. The van der Waals surface area contributed by atoms with Crippen LogP contribution in [0.2, 0.25) is 0 Å². The van der Waals surface area contributed by atoms with E-state index in [0.717, 1.165) is 25.0 Å². The second-order valence-corrected chi connectivity index (χ2v) is 6.29. The SMILES string of the molecule is CCCC[C@@H]1C=CCN1C(=O)c1cc(C(C)C)n2ncnc2n1. The molecule has 2 aromatic rings. The highest BCUT2D eigenvalue weighted by atomic mass is 16.2. The highest BCUT2D eigenvalue weighted by Crippen LogP contribution is 2.21. The fraction of sp³-hybridized carbons (Fsp3) is 0.529. The van der Waals surface area contributed by atoms with Crippen LogP contribution in [0.15, 0.2) is 24.5 Å². The summed E-state index contributed by atoms with van der Waals surface area (Å²) in [5.41, 5.74) is 1.41. The Balaban J connectivity index is 1.91. The van der Waals surface area contributed by atoms with Crippen LogP contribution in [-0.2, 0) is 0 Å². The molecule has 1 aliphatic rings. The van der Waals surface area contributed by atoms with E-state index >= 15 is 0 Å². The zero-order chi connectivity index (χ0) is 16.4. The number of aromatic nitrogens is 4. The smallest absolute Gasteiger partial charge is 0.273 e. The number of fused-ring (bicyclic) bond motifs is 1. The van der Waals surface area contributed by atoms with Gasteiger partial charge in [0.2, 0.25) is 0 Å². The summed E-state index contributed by atoms with van der Waals surface area (Å²) in [5.74, 6) is 0.696. The second kappa shape index (κ2) is 6.48. The third-order valence-electron chi connectivity index (χ3n) is 4.27. The number of unbranched alkanes of at least 4 members (excludes halogenated alkanes) is 1. The Labute approximate surface area is 136 Å². The average Bonchev–Trinajstić information content (AvgIpc) is 3.19. The predicted molar refractivity (Wildman–Crippen MR) is 88.4 cm³/mol. The lowest BCUT2D eigenvalue weighted by atomic mass is 10.1. The minimum atomic E-state index is -0.0245. The van der Waals surface area contributed by atoms with Crippen LogP contribution < -0.4 is 0 Å². The molecule has 2 aromatic heterocycles. The van der Waals surface area contributed by atoms with Gasteiger partial charge in [0.15, 0.2) is 0 Å². The summed E-state index contributed by atoms with van der Waals surface area (Å²) in [6.07, 6.45) is 8.93. The molecule has 0 spiro atoms. The topological polar surface area (TPSA) is 63.4 Å². The van der Waals surface area contributed by atoms with Crippen LogP contribution in [0.4, 0.5) is 0 Å². The van der Waals surface area contributed by atoms with Crippen molar-refractivity contribution in [2.45, 2.75) is 52.0 Å². The lowest BCUT2D eigenvalue weighted by Gasteiger charge is -2.24. The Kier molecular flexibility index (Phi) is 4.41. The lowest BCUT2D eigenvalue weighted by molar-refractivity contribution is 0.0737. The minimum absolute atomic E-state index is 0.0245. The Morgan fingerprint density at radius 2 is 2.26 bits per heavy atom. The van der Waals surface area contributed by atoms with Gasteiger partial charge in [0.1, 0.15) is 12.0 Å². The van der Waals surface area contributed by atoms with E-state index in [1.54, 1.807) is 4.52 Å². The van der Waals surface area contributed by atoms with Gasteiger partial charge in [0, 0.05) is 6.54 Å². The highest BCUT2D eigenvalue weighted by molar-refractivity contribution is 5.93. The van der Waals surface area contributed by atoms with Gasteiger partial charge in [-0.25, -0.2) is 9.50 Å². The molecular weight excluding hydrogens is 290 g/mol. The maximum absolute atomic E-state index is 12.9. The van der Waals surface area contributed by atoms with Crippen molar-refractivity contribution in [2.24, 2.45) is 0 Å². The lowest BCUT2D eigenvalue weighted by Crippen LogP contribution is -2.36. The van der Waals surface area contributed by atoms with E-state index in [1.807, 2.05) is 11.0 Å². The Morgan fingerprint density at radius 1 is 1.43 bits per heavy atom. The molecule has 0 saturated heterocycles. The summed E-state index contributed by atoms with van der Waals surface area (Å²) >= 11 is 0. The molecule has 0 aliphatic carbocycles. The van der Waals surface area contributed by atoms with Crippen LogP contribution in [-0.4, -0.2) is 43.0 Å². The first-order valence-corrected chi connectivity index (χ1v) is 8.30. The summed E-state index contributed by atoms with van der Waals surface area (Å²) in [4.78, 5) is 23.4. The second-order valence-electron chi connectivity index (χ2n) is 6.29. The molecule has 1 atom stereocenters. The molecule has 0 radical (unpaired) electrons. The monoisotopic (exact) mass is 313 g/mol. The molecule has 0 fully saturated rings. The van der Waals surface area contributed by atoms with Crippen LogP contribution in [0.1, 0.15) is 62.1 Å². The van der Waals surface area contributed by atoms with Crippen LogP contribution in [0.25, 0.3) is 5.78 Å². The van der Waals surface area contributed by atoms with Crippen molar-refractivity contribution < 1.29 is 4.79 Å². The number of nitrogens with zero attached hydrogens (tertiary/aromatic N) is 5. The van der Waals surface area contributed by atoms with E-state index in [9.17, 15) is 4.79 Å². The van der Waals surface area contributed by atoms with Crippen molar-refractivity contribution in [3.63, 3.8) is 0 Å². The van der Waals surface area contributed by atoms with Crippen molar-refractivity contribution in [1.29, 1.82) is 0 Å². The number of hydrogen-bond acceptors (Lipinski definition) is 4. The van der Waals surface area contributed by atoms with Crippen LogP contribution >= 0.6 is 0 Å². The molecule has 1 aliphatic heterocycles. The fourth-order valence-electron chi connectivity index (χ4n) is 2.97. The average molecular weight is 313 g/mol. The molecular formula is C17H23N5O. The molecule has 6 heteroatoms. The summed E-state index contributed by atoms with van der Waals surface area (Å²) in [7, 11) is 0. The summed E-state index contributed by atoms with van der Waals surface area (Å²) in [6.45, 7) is 6.97. The number of carbonyl (C=O) groups excluding carboxylic acids is 1. The third-order valence-corrected chi connectivity index (χ3v) is 4.27. The number of carbonyl (C=O) groups is 1. The van der Waals surface area contributed by atoms with Crippen molar-refractivity contribution in [1.82, 2.24) is 24.5 Å². The molecule has 0 N–H and O–H groups in total. The number of rotatable bonds is 5. The molecule has 1 amide bonds. The van der Waals surface area contributed by atoms with Gasteiger partial charge in [0.25, 0.3) is 11.7 Å². The molecule has 0 aromatic carbocycles. The zero-order valence-corrected chi connectivity index (χ0v) is 13.9. The zero-order valence-electron chi connectivity index (χ0n) is 13.9. The molecule has 6 nitrogen and oxygen atoms in total. The first kappa shape index (κ1) is 15.6. The largest absolute Gasteiger partial charge is 0.327 e. The van der Waals surface area contributed by atoms with E-state index in [-0.39, 0.29) is 17.9 Å². The molecule has 23 heavy (non-hydrogen) atoms. The quantitative estimate of drug-likeness (QED) is 0.796. The predicted octanol–water partition coefficient (Wildman–Crippen LogP) is 2.82. The van der Waals surface area contributed by atoms with Gasteiger partial charge in [-0.3, -0.25) is 4.79 Å². The molecule has 3 heterocycles. The standard InChI is InChI=1S/C17H23N5O/c1-4-5-7-13-8-6-9-21(13)16(23)14-10-15(12(2)3)22-17(20-14)18-11-19-22/h6,8,10-13H,4-5,7,9H2,1-3H3/t13-/m1/s1. The summed E-state index contributed by atoms with van der Waals surface area (Å²) < 4.78 is 1.71. The van der Waals surface area contributed by atoms with Gasteiger partial charge < -0.3 is 4.90 Å². The van der Waals surface area contributed by atoms with E-state index < -0.39 is 0 Å². The Bertz CT molecular complexity index is 734. The van der Waals surface area contributed by atoms with Gasteiger partial charge in [-0.15, -0.1) is 0 Å². The van der Waals surface area contributed by atoms with Gasteiger partial charge in [-0.1, -0.05) is 45.8 Å². The molecule has 0 unspecified atom stereocenters. The van der Waals surface area contributed by atoms with E-state index in [1.165, 1.54) is 6.33 Å².